The Morgan fingerprint density at radius 2 is 1.69 bits per heavy atom. The number of piperidine rings is 1. The number of carbonyl (C=O) groups excluding carboxylic acids is 3. The number of hydrogen-bond acceptors (Lipinski definition) is 4. The maximum absolute atomic E-state index is 12.0. The molecule has 2 heterocycles. The molecular weight excluding hydrogens is 486 g/mol. The van der Waals surface area contributed by atoms with Gasteiger partial charge in [-0.3, -0.25) is 19.7 Å². The minimum absolute atomic E-state index is 0.0164. The predicted molar refractivity (Wildman–Crippen MR) is 155 cm³/mol. The summed E-state index contributed by atoms with van der Waals surface area (Å²) in [6.07, 6.45) is 2.00. The highest BCUT2D eigenvalue weighted by Crippen LogP contribution is 2.37. The van der Waals surface area contributed by atoms with E-state index >= 15 is 0 Å². The molecule has 0 radical (unpaired) electrons. The Bertz CT molecular complexity index is 1520. The van der Waals surface area contributed by atoms with E-state index < -0.39 is 0 Å². The van der Waals surface area contributed by atoms with Gasteiger partial charge in [0.05, 0.1) is 11.4 Å². The number of hydrogen-bond donors (Lipinski definition) is 1. The maximum Gasteiger partial charge on any atom is 0.229 e. The van der Waals surface area contributed by atoms with E-state index in [1.54, 1.807) is 6.92 Å². The van der Waals surface area contributed by atoms with E-state index in [1.807, 2.05) is 25.1 Å². The molecule has 4 aromatic rings. The minimum Gasteiger partial charge on any atom is -0.327 e. The zero-order valence-corrected chi connectivity index (χ0v) is 23.2. The van der Waals surface area contributed by atoms with Gasteiger partial charge < -0.3 is 4.57 Å². The Morgan fingerprint density at radius 1 is 1.00 bits per heavy atom. The zero-order valence-electron chi connectivity index (χ0n) is 23.2. The van der Waals surface area contributed by atoms with Crippen LogP contribution in [0.15, 0.2) is 72.8 Å². The first kappa shape index (κ1) is 27.7. The van der Waals surface area contributed by atoms with Crippen LogP contribution >= 0.6 is 0 Å². The van der Waals surface area contributed by atoms with Crippen LogP contribution in [-0.2, 0) is 23.1 Å². The molecule has 1 fully saturated rings. The number of imidazole rings is 1. The van der Waals surface area contributed by atoms with Gasteiger partial charge in [-0.2, -0.15) is 0 Å². The average Bonchev–Trinajstić information content (AvgIpc) is 3.28. The van der Waals surface area contributed by atoms with Gasteiger partial charge in [0.2, 0.25) is 11.8 Å². The molecule has 200 valence electrons. The summed E-state index contributed by atoms with van der Waals surface area (Å²) in [4.78, 5) is 38.3. The highest BCUT2D eigenvalue weighted by atomic mass is 16.2. The molecule has 6 heteroatoms. The molecule has 3 aromatic carbocycles. The quantitative estimate of drug-likeness (QED) is 0.238. The number of aryl methyl sites for hydroxylation is 2. The Morgan fingerprint density at radius 3 is 2.31 bits per heavy atom. The van der Waals surface area contributed by atoms with E-state index in [0.29, 0.717) is 12.8 Å². The lowest BCUT2D eigenvalue weighted by Gasteiger charge is -2.15. The molecule has 1 saturated heterocycles. The number of aromatic nitrogens is 2. The third kappa shape index (κ3) is 6.06. The molecule has 0 bridgehead atoms. The molecule has 2 amide bonds. The van der Waals surface area contributed by atoms with Gasteiger partial charge in [0.1, 0.15) is 5.82 Å². The van der Waals surface area contributed by atoms with Crippen LogP contribution < -0.4 is 5.32 Å². The molecule has 39 heavy (non-hydrogen) atoms. The molecule has 1 aliphatic rings. The van der Waals surface area contributed by atoms with E-state index in [-0.39, 0.29) is 23.5 Å². The zero-order chi connectivity index (χ0) is 28.1. The number of imide groups is 1. The predicted octanol–water partition coefficient (Wildman–Crippen LogP) is 6.55. The van der Waals surface area contributed by atoms with Crippen molar-refractivity contribution in [3.8, 4) is 33.9 Å². The molecule has 6 nitrogen and oxygen atoms in total. The van der Waals surface area contributed by atoms with Crippen LogP contribution in [0, 0.1) is 12.8 Å². The van der Waals surface area contributed by atoms with E-state index in [0.717, 1.165) is 51.5 Å². The fourth-order valence-electron chi connectivity index (χ4n) is 4.88. The van der Waals surface area contributed by atoms with E-state index in [1.165, 1.54) is 5.56 Å². The third-order valence-electron chi connectivity index (χ3n) is 7.18. The fraction of sp³-hybridized carbons (Fsp3) is 0.273. The van der Waals surface area contributed by atoms with Gasteiger partial charge in [-0.05, 0) is 43.9 Å². The van der Waals surface area contributed by atoms with Crippen molar-refractivity contribution < 1.29 is 14.4 Å². The van der Waals surface area contributed by atoms with Gasteiger partial charge in [0.15, 0.2) is 5.78 Å². The number of Topliss-reactive ketones (excluding diaryl/α,β-unsaturated/α-hetero) is 1. The SMILES string of the molecule is CC1CCC(=O)NC1=O.CCc1cc(-c2nc(-c3ccccc3C)c(-c3ccccc3)n2C)ccc1C(C)=O. The van der Waals surface area contributed by atoms with E-state index in [9.17, 15) is 14.4 Å². The second kappa shape index (κ2) is 12.0. The van der Waals surface area contributed by atoms with Crippen LogP contribution in [0.3, 0.4) is 0 Å². The first-order valence-electron chi connectivity index (χ1n) is 13.4. The van der Waals surface area contributed by atoms with Crippen molar-refractivity contribution in [3.05, 3.63) is 89.5 Å². The van der Waals surface area contributed by atoms with Gasteiger partial charge in [-0.1, -0.05) is 80.6 Å². The topological polar surface area (TPSA) is 81.1 Å². The molecule has 1 unspecified atom stereocenters. The fourth-order valence-corrected chi connectivity index (χ4v) is 4.88. The lowest BCUT2D eigenvalue weighted by Crippen LogP contribution is -2.39. The van der Waals surface area contributed by atoms with E-state index in [4.69, 9.17) is 4.98 Å². The van der Waals surface area contributed by atoms with Gasteiger partial charge in [-0.15, -0.1) is 0 Å². The standard InChI is InChI=1S/C27H26N2O.C6H9NO2/c1-5-20-17-22(15-16-24(20)19(3)30)27-28-25(23-14-10-9-11-18(23)2)26(29(27)4)21-12-7-6-8-13-21;1-4-2-3-5(8)7-6(4)9/h6-17H,5H2,1-4H3;4H,2-3H2,1H3,(H,7,8,9). The molecule has 0 spiro atoms. The first-order valence-corrected chi connectivity index (χ1v) is 13.4. The molecule has 1 N–H and O–H groups in total. The number of ketones is 1. The van der Waals surface area contributed by atoms with Gasteiger partial charge >= 0.3 is 0 Å². The number of nitrogens with one attached hydrogen (secondary N) is 1. The summed E-state index contributed by atoms with van der Waals surface area (Å²) in [5.74, 6) is 0.743. The van der Waals surface area contributed by atoms with Crippen molar-refractivity contribution in [1.29, 1.82) is 0 Å². The van der Waals surface area contributed by atoms with Crippen LogP contribution in [0.2, 0.25) is 0 Å². The minimum atomic E-state index is -0.141. The molecular formula is C33H35N3O3. The van der Waals surface area contributed by atoms with Crippen molar-refractivity contribution in [1.82, 2.24) is 14.9 Å². The molecule has 1 atom stereocenters. The summed E-state index contributed by atoms with van der Waals surface area (Å²) in [6.45, 7) is 7.65. The summed E-state index contributed by atoms with van der Waals surface area (Å²) in [5, 5.41) is 2.25. The second-order valence-corrected chi connectivity index (χ2v) is 10.0. The highest BCUT2D eigenvalue weighted by molar-refractivity contribution is 5.98. The normalized spacial score (nSPS) is 14.8. The Balaban J connectivity index is 0.000000333. The number of carbonyl (C=O) groups is 3. The second-order valence-electron chi connectivity index (χ2n) is 10.0. The van der Waals surface area contributed by atoms with Gasteiger partial charge in [-0.25, -0.2) is 4.98 Å². The summed E-state index contributed by atoms with van der Waals surface area (Å²) < 4.78 is 2.17. The van der Waals surface area contributed by atoms with Crippen LogP contribution in [0.25, 0.3) is 33.9 Å². The summed E-state index contributed by atoms with van der Waals surface area (Å²) >= 11 is 0. The monoisotopic (exact) mass is 521 g/mol. The van der Waals surface area contributed by atoms with Crippen molar-refractivity contribution in [2.24, 2.45) is 13.0 Å². The van der Waals surface area contributed by atoms with Crippen molar-refractivity contribution in [2.75, 3.05) is 0 Å². The Kier molecular flexibility index (Phi) is 8.55. The van der Waals surface area contributed by atoms with Gasteiger partial charge in [0.25, 0.3) is 0 Å². The molecule has 1 aliphatic heterocycles. The van der Waals surface area contributed by atoms with Crippen molar-refractivity contribution in [2.45, 2.75) is 47.0 Å². The molecule has 1 aromatic heterocycles. The lowest BCUT2D eigenvalue weighted by atomic mass is 9.99. The highest BCUT2D eigenvalue weighted by Gasteiger charge is 2.22. The largest absolute Gasteiger partial charge is 0.327 e. The van der Waals surface area contributed by atoms with E-state index in [2.05, 4.69) is 85.4 Å². The molecule has 0 saturated carbocycles. The van der Waals surface area contributed by atoms with Crippen LogP contribution in [0.1, 0.15) is 55.1 Å². The average molecular weight is 522 g/mol. The Labute approximate surface area is 230 Å². The first-order chi connectivity index (χ1) is 18.7. The van der Waals surface area contributed by atoms with Crippen LogP contribution in [0.5, 0.6) is 0 Å². The van der Waals surface area contributed by atoms with Gasteiger partial charge in [0, 0.05) is 41.6 Å². The lowest BCUT2D eigenvalue weighted by molar-refractivity contribution is -0.135. The summed E-state index contributed by atoms with van der Waals surface area (Å²) in [7, 11) is 2.07. The van der Waals surface area contributed by atoms with Crippen LogP contribution in [-0.4, -0.2) is 27.1 Å². The molecule has 0 aliphatic carbocycles. The summed E-state index contributed by atoms with van der Waals surface area (Å²) in [5.41, 5.74) is 8.40. The summed E-state index contributed by atoms with van der Waals surface area (Å²) in [6, 6.07) is 24.8. The molecule has 5 rings (SSSR count). The van der Waals surface area contributed by atoms with Crippen molar-refractivity contribution in [3.63, 3.8) is 0 Å². The maximum atomic E-state index is 12.0. The third-order valence-corrected chi connectivity index (χ3v) is 7.18. The van der Waals surface area contributed by atoms with Crippen LogP contribution in [0.4, 0.5) is 0 Å². The number of benzene rings is 3. The smallest absolute Gasteiger partial charge is 0.229 e. The Hall–Kier alpha value is -4.32. The number of nitrogens with zero attached hydrogens (tertiary/aromatic N) is 2. The number of rotatable bonds is 5. The number of amides is 2. The van der Waals surface area contributed by atoms with Crippen molar-refractivity contribution >= 4 is 17.6 Å².